The Hall–Kier alpha value is -2.84. The van der Waals surface area contributed by atoms with Gasteiger partial charge in [0.25, 0.3) is 0 Å². The molecule has 0 spiro atoms. The van der Waals surface area contributed by atoms with E-state index < -0.39 is 5.41 Å². The summed E-state index contributed by atoms with van der Waals surface area (Å²) in [6.07, 6.45) is 1.26. The van der Waals surface area contributed by atoms with Gasteiger partial charge < -0.3 is 14.8 Å². The van der Waals surface area contributed by atoms with Crippen LogP contribution in [0.25, 0.3) is 0 Å². The normalized spacial score (nSPS) is 15.6. The molecule has 1 N–H and O–H groups in total. The first kappa shape index (κ1) is 18.9. The maximum Gasteiger partial charge on any atom is 0.235 e. The number of rotatable bonds is 5. The minimum atomic E-state index is -0.629. The monoisotopic (exact) mass is 364 g/mol. The topological polar surface area (TPSA) is 71.3 Å². The van der Waals surface area contributed by atoms with Crippen molar-refractivity contribution in [2.45, 2.75) is 32.1 Å². The molecular formula is C22H24N2O3. The number of nitrogens with one attached hydrogen (secondary N) is 1. The number of nitriles is 1. The van der Waals surface area contributed by atoms with Gasteiger partial charge in [-0.15, -0.1) is 0 Å². The molecule has 1 aliphatic heterocycles. The molecule has 1 fully saturated rings. The number of aryl methyl sites for hydroxylation is 1. The van der Waals surface area contributed by atoms with Gasteiger partial charge in [0.2, 0.25) is 5.91 Å². The summed E-state index contributed by atoms with van der Waals surface area (Å²) in [6, 6.07) is 15.4. The molecule has 0 bridgehead atoms. The number of amides is 1. The van der Waals surface area contributed by atoms with Crippen LogP contribution in [0.2, 0.25) is 0 Å². The molecule has 0 aromatic heterocycles. The molecule has 0 aliphatic carbocycles. The van der Waals surface area contributed by atoms with E-state index in [4.69, 9.17) is 9.47 Å². The molecular weight excluding hydrogens is 340 g/mol. The molecule has 5 nitrogen and oxygen atoms in total. The molecule has 0 radical (unpaired) electrons. The maximum atomic E-state index is 13.3. The minimum Gasteiger partial charge on any atom is -0.492 e. The number of nitrogens with zero attached hydrogens (tertiary/aromatic N) is 1. The lowest BCUT2D eigenvalue weighted by molar-refractivity contribution is -0.125. The van der Waals surface area contributed by atoms with Gasteiger partial charge in [0, 0.05) is 18.9 Å². The number of ether oxygens (including phenoxy) is 2. The Morgan fingerprint density at radius 1 is 1.26 bits per heavy atom. The van der Waals surface area contributed by atoms with Gasteiger partial charge in [0.15, 0.2) is 0 Å². The van der Waals surface area contributed by atoms with E-state index in [0.29, 0.717) is 49.7 Å². The van der Waals surface area contributed by atoms with Crippen LogP contribution in [-0.4, -0.2) is 25.7 Å². The van der Waals surface area contributed by atoms with Gasteiger partial charge in [-0.25, -0.2) is 0 Å². The van der Waals surface area contributed by atoms with Gasteiger partial charge in [-0.1, -0.05) is 29.8 Å². The van der Waals surface area contributed by atoms with Gasteiger partial charge in [0.05, 0.1) is 17.6 Å². The summed E-state index contributed by atoms with van der Waals surface area (Å²) in [5.74, 6) is 0.460. The Kier molecular flexibility index (Phi) is 5.78. The number of benzene rings is 2. The zero-order valence-electron chi connectivity index (χ0n) is 15.7. The van der Waals surface area contributed by atoms with Gasteiger partial charge in [-0.3, -0.25) is 4.79 Å². The fourth-order valence-corrected chi connectivity index (χ4v) is 3.54. The minimum absolute atomic E-state index is 0.0653. The average molecular weight is 364 g/mol. The van der Waals surface area contributed by atoms with Gasteiger partial charge >= 0.3 is 0 Å². The Morgan fingerprint density at radius 2 is 2.04 bits per heavy atom. The molecule has 2 aromatic rings. The van der Waals surface area contributed by atoms with Crippen molar-refractivity contribution >= 4 is 11.6 Å². The second kappa shape index (κ2) is 8.24. The molecule has 3 rings (SSSR count). The standard InChI is InChI=1S/C22H24N2O3/c1-3-27-20-8-7-19(14-17(20)15-23)24-21(25)22(9-11-26-12-10-22)18-6-4-5-16(2)13-18/h4-8,13-14H,3,9-12H2,1-2H3,(H,24,25). The van der Waals surface area contributed by atoms with Crippen molar-refractivity contribution in [3.05, 3.63) is 59.2 Å². The average Bonchev–Trinajstić information content (AvgIpc) is 2.69. The van der Waals surface area contributed by atoms with E-state index in [0.717, 1.165) is 11.1 Å². The third-order valence-corrected chi connectivity index (χ3v) is 5.01. The Labute approximate surface area is 159 Å². The third-order valence-electron chi connectivity index (χ3n) is 5.01. The Balaban J connectivity index is 1.91. The van der Waals surface area contributed by atoms with Gasteiger partial charge in [-0.05, 0) is 50.5 Å². The van der Waals surface area contributed by atoms with Crippen molar-refractivity contribution in [3.8, 4) is 11.8 Å². The molecule has 0 unspecified atom stereocenters. The van der Waals surface area contributed by atoms with E-state index >= 15 is 0 Å². The number of hydrogen-bond acceptors (Lipinski definition) is 4. The predicted molar refractivity (Wildman–Crippen MR) is 104 cm³/mol. The van der Waals surface area contributed by atoms with E-state index in [-0.39, 0.29) is 5.91 Å². The molecule has 140 valence electrons. The van der Waals surface area contributed by atoms with E-state index in [1.165, 1.54) is 0 Å². The van der Waals surface area contributed by atoms with Crippen molar-refractivity contribution in [2.75, 3.05) is 25.1 Å². The summed E-state index contributed by atoms with van der Waals surface area (Å²) in [5, 5.41) is 12.4. The highest BCUT2D eigenvalue weighted by Gasteiger charge is 2.41. The maximum absolute atomic E-state index is 13.3. The lowest BCUT2D eigenvalue weighted by atomic mass is 9.73. The summed E-state index contributed by atoms with van der Waals surface area (Å²) >= 11 is 0. The molecule has 0 atom stereocenters. The van der Waals surface area contributed by atoms with Crippen molar-refractivity contribution in [1.29, 1.82) is 5.26 Å². The highest BCUT2D eigenvalue weighted by atomic mass is 16.5. The lowest BCUT2D eigenvalue weighted by Crippen LogP contribution is -2.44. The number of carbonyl (C=O) groups is 1. The Bertz CT molecular complexity index is 864. The summed E-state index contributed by atoms with van der Waals surface area (Å²) in [7, 11) is 0. The number of carbonyl (C=O) groups excluding carboxylic acids is 1. The van der Waals surface area contributed by atoms with Crippen LogP contribution >= 0.6 is 0 Å². The first-order valence-electron chi connectivity index (χ1n) is 9.22. The molecule has 1 aliphatic rings. The number of anilines is 1. The van der Waals surface area contributed by atoms with Gasteiger partial charge in [-0.2, -0.15) is 5.26 Å². The molecule has 0 saturated carbocycles. The molecule has 27 heavy (non-hydrogen) atoms. The van der Waals surface area contributed by atoms with Crippen molar-refractivity contribution in [1.82, 2.24) is 0 Å². The van der Waals surface area contributed by atoms with Crippen molar-refractivity contribution in [3.63, 3.8) is 0 Å². The van der Waals surface area contributed by atoms with Crippen LogP contribution in [0, 0.1) is 18.3 Å². The summed E-state index contributed by atoms with van der Waals surface area (Å²) in [6.45, 7) is 5.48. The van der Waals surface area contributed by atoms with E-state index in [2.05, 4.69) is 17.5 Å². The largest absolute Gasteiger partial charge is 0.492 e. The summed E-state index contributed by atoms with van der Waals surface area (Å²) in [5.41, 5.74) is 2.51. The number of hydrogen-bond donors (Lipinski definition) is 1. The highest BCUT2D eigenvalue weighted by molar-refractivity contribution is 5.99. The smallest absolute Gasteiger partial charge is 0.235 e. The first-order chi connectivity index (χ1) is 13.1. The predicted octanol–water partition coefficient (Wildman–Crippen LogP) is 3.95. The fourth-order valence-electron chi connectivity index (χ4n) is 3.54. The molecule has 1 amide bonds. The molecule has 5 heteroatoms. The van der Waals surface area contributed by atoms with Crippen LogP contribution in [0.5, 0.6) is 5.75 Å². The van der Waals surface area contributed by atoms with E-state index in [1.807, 2.05) is 32.0 Å². The van der Waals surface area contributed by atoms with Crippen LogP contribution in [0.4, 0.5) is 5.69 Å². The zero-order valence-corrected chi connectivity index (χ0v) is 15.7. The second-order valence-corrected chi connectivity index (χ2v) is 6.77. The first-order valence-corrected chi connectivity index (χ1v) is 9.22. The second-order valence-electron chi connectivity index (χ2n) is 6.77. The quantitative estimate of drug-likeness (QED) is 0.872. The van der Waals surface area contributed by atoms with Crippen LogP contribution < -0.4 is 10.1 Å². The summed E-state index contributed by atoms with van der Waals surface area (Å²) < 4.78 is 11.0. The Morgan fingerprint density at radius 3 is 2.70 bits per heavy atom. The van der Waals surface area contributed by atoms with Gasteiger partial charge in [0.1, 0.15) is 11.8 Å². The zero-order chi connectivity index (χ0) is 19.3. The lowest BCUT2D eigenvalue weighted by Gasteiger charge is -2.36. The van der Waals surface area contributed by atoms with E-state index in [9.17, 15) is 10.1 Å². The van der Waals surface area contributed by atoms with Crippen LogP contribution in [0.1, 0.15) is 36.5 Å². The third kappa shape index (κ3) is 3.96. The van der Waals surface area contributed by atoms with Crippen LogP contribution in [0.15, 0.2) is 42.5 Å². The van der Waals surface area contributed by atoms with Crippen molar-refractivity contribution in [2.24, 2.45) is 0 Å². The SMILES string of the molecule is CCOc1ccc(NC(=O)C2(c3cccc(C)c3)CCOCC2)cc1C#N. The molecule has 1 saturated heterocycles. The van der Waals surface area contributed by atoms with E-state index in [1.54, 1.807) is 18.2 Å². The molecule has 2 aromatic carbocycles. The van der Waals surface area contributed by atoms with Crippen LogP contribution in [-0.2, 0) is 14.9 Å². The highest BCUT2D eigenvalue weighted by Crippen LogP contribution is 2.37. The van der Waals surface area contributed by atoms with Crippen molar-refractivity contribution < 1.29 is 14.3 Å². The van der Waals surface area contributed by atoms with Crippen LogP contribution in [0.3, 0.4) is 0 Å². The summed E-state index contributed by atoms with van der Waals surface area (Å²) in [4.78, 5) is 13.3. The molecule has 1 heterocycles. The fraction of sp³-hybridized carbons (Fsp3) is 0.364.